The summed E-state index contributed by atoms with van der Waals surface area (Å²) in [6.07, 6.45) is 1.14. The van der Waals surface area contributed by atoms with Gasteiger partial charge < -0.3 is 9.80 Å². The molecule has 1 amide bonds. The molecule has 6 nitrogen and oxygen atoms in total. The van der Waals surface area contributed by atoms with Gasteiger partial charge in [-0.2, -0.15) is 0 Å². The summed E-state index contributed by atoms with van der Waals surface area (Å²) in [6.45, 7) is 6.29. The zero-order chi connectivity index (χ0) is 20.3. The van der Waals surface area contributed by atoms with E-state index in [9.17, 15) is 13.2 Å². The van der Waals surface area contributed by atoms with Gasteiger partial charge in [-0.05, 0) is 49.2 Å². The molecule has 0 radical (unpaired) electrons. The number of nitrogens with zero attached hydrogens (tertiary/aromatic N) is 3. The van der Waals surface area contributed by atoms with Gasteiger partial charge in [0.25, 0.3) is 0 Å². The van der Waals surface area contributed by atoms with Crippen molar-refractivity contribution in [2.24, 2.45) is 0 Å². The smallest absolute Gasteiger partial charge is 0.243 e. The molecule has 1 heterocycles. The number of sulfonamides is 1. The molecule has 1 aliphatic rings. The van der Waals surface area contributed by atoms with E-state index in [1.165, 1.54) is 4.31 Å². The summed E-state index contributed by atoms with van der Waals surface area (Å²) in [5.74, 6) is -0.169. The van der Waals surface area contributed by atoms with Gasteiger partial charge in [0, 0.05) is 31.9 Å². The van der Waals surface area contributed by atoms with Crippen molar-refractivity contribution in [3.8, 4) is 0 Å². The van der Waals surface area contributed by atoms with Crippen LogP contribution in [0.5, 0.6) is 0 Å². The van der Waals surface area contributed by atoms with Gasteiger partial charge in [-0.15, -0.1) is 0 Å². The quantitative estimate of drug-likeness (QED) is 0.772. The Morgan fingerprint density at radius 3 is 2.07 bits per heavy atom. The predicted molar refractivity (Wildman–Crippen MR) is 113 cm³/mol. The number of para-hydroxylation sites is 1. The van der Waals surface area contributed by atoms with E-state index in [1.807, 2.05) is 38.1 Å². The fourth-order valence-corrected chi connectivity index (χ4v) is 4.40. The van der Waals surface area contributed by atoms with Crippen molar-refractivity contribution in [2.75, 3.05) is 48.2 Å². The van der Waals surface area contributed by atoms with Crippen LogP contribution in [-0.2, 0) is 14.8 Å². The standard InChI is InChI=1S/C21H27N3O3S/c1-17-13-18(2)15-20(14-17)24(28(3,26)27)16-21(25)23-11-9-22(10-12-23)19-7-5-4-6-8-19/h4-8,13-15H,9-12,16H2,1-3H3. The Labute approximate surface area is 167 Å². The van der Waals surface area contributed by atoms with Crippen molar-refractivity contribution >= 4 is 27.3 Å². The van der Waals surface area contributed by atoms with Crippen molar-refractivity contribution in [1.82, 2.24) is 4.90 Å². The highest BCUT2D eigenvalue weighted by Gasteiger charge is 2.26. The molecule has 7 heteroatoms. The number of anilines is 2. The summed E-state index contributed by atoms with van der Waals surface area (Å²) in [4.78, 5) is 16.8. The molecule has 1 saturated heterocycles. The van der Waals surface area contributed by atoms with Gasteiger partial charge in [0.2, 0.25) is 15.9 Å². The predicted octanol–water partition coefficient (Wildman–Crippen LogP) is 2.42. The van der Waals surface area contributed by atoms with E-state index in [0.717, 1.165) is 36.2 Å². The molecule has 3 rings (SSSR count). The van der Waals surface area contributed by atoms with Gasteiger partial charge in [-0.3, -0.25) is 9.10 Å². The van der Waals surface area contributed by atoms with Crippen molar-refractivity contribution < 1.29 is 13.2 Å². The molecule has 0 unspecified atom stereocenters. The second kappa shape index (κ2) is 8.22. The van der Waals surface area contributed by atoms with Gasteiger partial charge in [-0.25, -0.2) is 8.42 Å². The van der Waals surface area contributed by atoms with Crippen LogP contribution in [0.25, 0.3) is 0 Å². The third-order valence-electron chi connectivity index (χ3n) is 4.93. The number of hydrogen-bond acceptors (Lipinski definition) is 4. The number of hydrogen-bond donors (Lipinski definition) is 0. The fourth-order valence-electron chi connectivity index (χ4n) is 3.57. The minimum Gasteiger partial charge on any atom is -0.368 e. The second-order valence-electron chi connectivity index (χ2n) is 7.32. The Hall–Kier alpha value is -2.54. The van der Waals surface area contributed by atoms with E-state index in [-0.39, 0.29) is 12.5 Å². The van der Waals surface area contributed by atoms with Gasteiger partial charge in [0.05, 0.1) is 11.9 Å². The maximum atomic E-state index is 12.8. The van der Waals surface area contributed by atoms with Crippen molar-refractivity contribution in [3.63, 3.8) is 0 Å². The van der Waals surface area contributed by atoms with Crippen LogP contribution >= 0.6 is 0 Å². The zero-order valence-electron chi connectivity index (χ0n) is 16.6. The van der Waals surface area contributed by atoms with Crippen LogP contribution in [0.2, 0.25) is 0 Å². The first-order chi connectivity index (χ1) is 13.2. The maximum Gasteiger partial charge on any atom is 0.243 e. The third kappa shape index (κ3) is 4.84. The Morgan fingerprint density at radius 2 is 1.54 bits per heavy atom. The SMILES string of the molecule is Cc1cc(C)cc(N(CC(=O)N2CCN(c3ccccc3)CC2)S(C)(=O)=O)c1. The summed E-state index contributed by atoms with van der Waals surface area (Å²) in [7, 11) is -3.56. The average molecular weight is 402 g/mol. The van der Waals surface area contributed by atoms with E-state index >= 15 is 0 Å². The molecule has 0 bridgehead atoms. The van der Waals surface area contributed by atoms with Crippen LogP contribution < -0.4 is 9.21 Å². The number of amides is 1. The van der Waals surface area contributed by atoms with E-state index in [2.05, 4.69) is 17.0 Å². The molecule has 28 heavy (non-hydrogen) atoms. The highest BCUT2D eigenvalue weighted by Crippen LogP contribution is 2.22. The highest BCUT2D eigenvalue weighted by atomic mass is 32.2. The summed E-state index contributed by atoms with van der Waals surface area (Å²) < 4.78 is 25.9. The monoisotopic (exact) mass is 401 g/mol. The lowest BCUT2D eigenvalue weighted by atomic mass is 10.1. The van der Waals surface area contributed by atoms with E-state index in [1.54, 1.807) is 17.0 Å². The molecule has 0 saturated carbocycles. The van der Waals surface area contributed by atoms with Gasteiger partial charge >= 0.3 is 0 Å². The Balaban J connectivity index is 1.70. The van der Waals surface area contributed by atoms with E-state index in [4.69, 9.17) is 0 Å². The highest BCUT2D eigenvalue weighted by molar-refractivity contribution is 7.92. The summed E-state index contributed by atoms with van der Waals surface area (Å²) in [5.41, 5.74) is 3.61. The minimum absolute atomic E-state index is 0.169. The topological polar surface area (TPSA) is 60.9 Å². The summed E-state index contributed by atoms with van der Waals surface area (Å²) in [6, 6.07) is 15.7. The number of aryl methyl sites for hydroxylation is 2. The van der Waals surface area contributed by atoms with Crippen LogP contribution in [0.4, 0.5) is 11.4 Å². The first-order valence-corrected chi connectivity index (χ1v) is 11.2. The lowest BCUT2D eigenvalue weighted by molar-refractivity contribution is -0.129. The zero-order valence-corrected chi connectivity index (χ0v) is 17.4. The molecular formula is C21H27N3O3S. The lowest BCUT2D eigenvalue weighted by Gasteiger charge is -2.37. The average Bonchev–Trinajstić information content (AvgIpc) is 2.65. The molecule has 2 aromatic rings. The number of piperazine rings is 1. The molecule has 0 spiro atoms. The molecule has 0 aliphatic carbocycles. The normalized spacial score (nSPS) is 14.8. The van der Waals surface area contributed by atoms with Crippen LogP contribution in [-0.4, -0.2) is 58.2 Å². The number of rotatable bonds is 5. The molecule has 150 valence electrons. The third-order valence-corrected chi connectivity index (χ3v) is 6.07. The molecule has 1 aliphatic heterocycles. The van der Waals surface area contributed by atoms with Crippen LogP contribution in [0.15, 0.2) is 48.5 Å². The minimum atomic E-state index is -3.56. The largest absolute Gasteiger partial charge is 0.368 e. The Kier molecular flexibility index (Phi) is 5.93. The van der Waals surface area contributed by atoms with Gasteiger partial charge in [-0.1, -0.05) is 24.3 Å². The van der Waals surface area contributed by atoms with Crippen LogP contribution in [0.3, 0.4) is 0 Å². The first kappa shape index (κ1) is 20.2. The Bertz CT molecular complexity index is 916. The lowest BCUT2D eigenvalue weighted by Crippen LogP contribution is -2.52. The van der Waals surface area contributed by atoms with Crippen LogP contribution in [0.1, 0.15) is 11.1 Å². The number of benzene rings is 2. The molecule has 0 N–H and O–H groups in total. The molecule has 2 aromatic carbocycles. The molecule has 1 fully saturated rings. The van der Waals surface area contributed by atoms with Crippen molar-refractivity contribution in [2.45, 2.75) is 13.8 Å². The Morgan fingerprint density at radius 1 is 0.964 bits per heavy atom. The fraction of sp³-hybridized carbons (Fsp3) is 0.381. The van der Waals surface area contributed by atoms with Crippen molar-refractivity contribution in [3.05, 3.63) is 59.7 Å². The van der Waals surface area contributed by atoms with Crippen molar-refractivity contribution in [1.29, 1.82) is 0 Å². The summed E-state index contributed by atoms with van der Waals surface area (Å²) in [5, 5.41) is 0. The summed E-state index contributed by atoms with van der Waals surface area (Å²) >= 11 is 0. The molecule has 0 aromatic heterocycles. The second-order valence-corrected chi connectivity index (χ2v) is 9.23. The number of carbonyl (C=O) groups excluding carboxylic acids is 1. The molecular weight excluding hydrogens is 374 g/mol. The van der Waals surface area contributed by atoms with Gasteiger partial charge in [0.1, 0.15) is 6.54 Å². The van der Waals surface area contributed by atoms with Crippen LogP contribution in [0, 0.1) is 13.8 Å². The van der Waals surface area contributed by atoms with E-state index < -0.39 is 10.0 Å². The van der Waals surface area contributed by atoms with E-state index in [0.29, 0.717) is 18.8 Å². The number of carbonyl (C=O) groups is 1. The maximum absolute atomic E-state index is 12.8. The first-order valence-electron chi connectivity index (χ1n) is 9.38. The molecule has 0 atom stereocenters. The van der Waals surface area contributed by atoms with Gasteiger partial charge in [0.15, 0.2) is 0 Å².